The Balaban J connectivity index is 1.70. The molecule has 3 aromatic rings. The van der Waals surface area contributed by atoms with Gasteiger partial charge < -0.3 is 4.74 Å². The van der Waals surface area contributed by atoms with E-state index in [0.717, 1.165) is 46.4 Å². The first-order chi connectivity index (χ1) is 13.0. The van der Waals surface area contributed by atoms with Gasteiger partial charge >= 0.3 is 10.2 Å². The van der Waals surface area contributed by atoms with E-state index in [0.29, 0.717) is 17.9 Å². The Hall–Kier alpha value is -2.38. The summed E-state index contributed by atoms with van der Waals surface area (Å²) in [4.78, 5) is 0. The monoisotopic (exact) mass is 385 g/mol. The molecule has 0 bridgehead atoms. The molecule has 1 saturated carbocycles. The fraction of sp³-hybridized carbons (Fsp3) is 0.350. The van der Waals surface area contributed by atoms with Gasteiger partial charge in [0.1, 0.15) is 12.4 Å². The number of hydrogen-bond acceptors (Lipinski definition) is 4. The minimum atomic E-state index is -3.98. The summed E-state index contributed by atoms with van der Waals surface area (Å²) < 4.78 is 30.9. The quantitative estimate of drug-likeness (QED) is 0.725. The van der Waals surface area contributed by atoms with Gasteiger partial charge in [-0.15, -0.1) is 4.09 Å². The summed E-state index contributed by atoms with van der Waals surface area (Å²) in [6.07, 6.45) is 5.58. The van der Waals surface area contributed by atoms with Gasteiger partial charge in [0.05, 0.1) is 11.2 Å². The van der Waals surface area contributed by atoms with Crippen LogP contribution in [0.3, 0.4) is 0 Å². The Labute approximate surface area is 159 Å². The van der Waals surface area contributed by atoms with Gasteiger partial charge in [-0.05, 0) is 30.5 Å². The molecular formula is C20H23N3O3S. The molecule has 1 aliphatic carbocycles. The zero-order chi connectivity index (χ0) is 18.9. The zero-order valence-electron chi connectivity index (χ0n) is 15.0. The lowest BCUT2D eigenvalue weighted by Crippen LogP contribution is -2.23. The molecule has 1 aliphatic rings. The van der Waals surface area contributed by atoms with Crippen molar-refractivity contribution in [2.75, 3.05) is 0 Å². The van der Waals surface area contributed by atoms with Crippen LogP contribution in [0.1, 0.15) is 49.3 Å². The highest BCUT2D eigenvalue weighted by atomic mass is 32.2. The van der Waals surface area contributed by atoms with Crippen molar-refractivity contribution in [3.63, 3.8) is 0 Å². The highest BCUT2D eigenvalue weighted by molar-refractivity contribution is 7.87. The fourth-order valence-electron chi connectivity index (χ4n) is 3.79. The summed E-state index contributed by atoms with van der Waals surface area (Å²) in [7, 11) is -3.98. The van der Waals surface area contributed by atoms with Crippen LogP contribution in [0.25, 0.3) is 10.9 Å². The molecule has 142 valence electrons. The second-order valence-electron chi connectivity index (χ2n) is 7.06. The molecule has 27 heavy (non-hydrogen) atoms. The van der Waals surface area contributed by atoms with E-state index in [2.05, 4.69) is 5.10 Å². The van der Waals surface area contributed by atoms with Crippen molar-refractivity contribution in [1.82, 2.24) is 9.19 Å². The number of aromatic nitrogens is 2. The topological polar surface area (TPSA) is 87.2 Å². The maximum atomic E-state index is 12.1. The van der Waals surface area contributed by atoms with Crippen LogP contribution < -0.4 is 9.88 Å². The number of fused-ring (bicyclic) bond motifs is 1. The Morgan fingerprint density at radius 2 is 1.81 bits per heavy atom. The largest absolute Gasteiger partial charge is 0.489 e. The molecule has 1 aromatic heterocycles. The first kappa shape index (κ1) is 18.0. The maximum absolute atomic E-state index is 12.1. The zero-order valence-corrected chi connectivity index (χ0v) is 15.9. The van der Waals surface area contributed by atoms with Gasteiger partial charge in [-0.2, -0.15) is 13.5 Å². The predicted molar refractivity (Wildman–Crippen MR) is 105 cm³/mol. The van der Waals surface area contributed by atoms with Crippen LogP contribution in [0.15, 0.2) is 48.5 Å². The molecule has 0 spiro atoms. The number of rotatable bonds is 5. The molecule has 0 unspecified atom stereocenters. The molecule has 2 aromatic carbocycles. The van der Waals surface area contributed by atoms with Crippen molar-refractivity contribution >= 4 is 21.1 Å². The van der Waals surface area contributed by atoms with E-state index < -0.39 is 10.2 Å². The normalized spacial score (nSPS) is 15.9. The number of nitrogens with two attached hydrogens (primary N) is 1. The van der Waals surface area contributed by atoms with Gasteiger partial charge in [-0.1, -0.05) is 49.6 Å². The van der Waals surface area contributed by atoms with Crippen molar-refractivity contribution in [2.24, 2.45) is 5.14 Å². The lowest BCUT2D eigenvalue weighted by atomic mass is 9.86. The van der Waals surface area contributed by atoms with E-state index >= 15 is 0 Å². The summed E-state index contributed by atoms with van der Waals surface area (Å²) in [5.41, 5.74) is 2.34. The van der Waals surface area contributed by atoms with Crippen LogP contribution in [0.4, 0.5) is 0 Å². The molecule has 7 heteroatoms. The van der Waals surface area contributed by atoms with Gasteiger partial charge in [0.25, 0.3) is 0 Å². The molecule has 0 amide bonds. The molecule has 4 rings (SSSR count). The van der Waals surface area contributed by atoms with E-state index in [-0.39, 0.29) is 5.92 Å². The average Bonchev–Trinajstić information content (AvgIpc) is 3.07. The van der Waals surface area contributed by atoms with Gasteiger partial charge in [0, 0.05) is 17.4 Å². The number of ether oxygens (including phenoxy) is 1. The Bertz CT molecular complexity index is 1040. The van der Waals surface area contributed by atoms with Crippen LogP contribution in [0, 0.1) is 0 Å². The summed E-state index contributed by atoms with van der Waals surface area (Å²) >= 11 is 0. The minimum Gasteiger partial charge on any atom is -0.489 e. The average molecular weight is 385 g/mol. The number of benzene rings is 2. The third kappa shape index (κ3) is 3.84. The molecule has 1 heterocycles. The summed E-state index contributed by atoms with van der Waals surface area (Å²) in [6.45, 7) is 0.408. The molecule has 1 fully saturated rings. The van der Waals surface area contributed by atoms with Crippen LogP contribution in [-0.2, 0) is 16.8 Å². The van der Waals surface area contributed by atoms with Crippen molar-refractivity contribution in [1.29, 1.82) is 0 Å². The predicted octanol–water partition coefficient (Wildman–Crippen LogP) is 3.71. The highest BCUT2D eigenvalue weighted by Gasteiger charge is 2.25. The molecule has 0 atom stereocenters. The maximum Gasteiger partial charge on any atom is 0.318 e. The summed E-state index contributed by atoms with van der Waals surface area (Å²) in [5.74, 6) is 0.867. The van der Waals surface area contributed by atoms with Gasteiger partial charge in [-0.3, -0.25) is 0 Å². The van der Waals surface area contributed by atoms with E-state index in [4.69, 9.17) is 9.88 Å². The van der Waals surface area contributed by atoms with Crippen molar-refractivity contribution in [2.45, 2.75) is 44.6 Å². The van der Waals surface area contributed by atoms with Crippen molar-refractivity contribution in [3.05, 3.63) is 59.8 Å². The van der Waals surface area contributed by atoms with Crippen molar-refractivity contribution < 1.29 is 13.2 Å². The SMILES string of the molecule is NS(=O)(=O)n1nc(C2CCCCC2)c2ccc(OCc3ccccc3)cc21. The van der Waals surface area contributed by atoms with E-state index in [9.17, 15) is 8.42 Å². The first-order valence-electron chi connectivity index (χ1n) is 9.25. The van der Waals surface area contributed by atoms with E-state index in [1.165, 1.54) is 6.42 Å². The fourth-order valence-corrected chi connectivity index (χ4v) is 4.42. The van der Waals surface area contributed by atoms with Gasteiger partial charge in [-0.25, -0.2) is 5.14 Å². The van der Waals surface area contributed by atoms with Gasteiger partial charge in [0.15, 0.2) is 0 Å². The van der Waals surface area contributed by atoms with Crippen LogP contribution >= 0.6 is 0 Å². The van der Waals surface area contributed by atoms with Crippen LogP contribution in [0.2, 0.25) is 0 Å². The summed E-state index contributed by atoms with van der Waals surface area (Å²) in [6, 6.07) is 15.3. The minimum absolute atomic E-state index is 0.278. The van der Waals surface area contributed by atoms with Crippen LogP contribution in [0.5, 0.6) is 5.75 Å². The van der Waals surface area contributed by atoms with E-state index in [1.807, 2.05) is 42.5 Å². The molecule has 0 aliphatic heterocycles. The van der Waals surface area contributed by atoms with Crippen LogP contribution in [-0.4, -0.2) is 17.6 Å². The molecule has 0 saturated heterocycles. The second-order valence-corrected chi connectivity index (χ2v) is 8.44. The third-order valence-corrected chi connectivity index (χ3v) is 5.89. The highest BCUT2D eigenvalue weighted by Crippen LogP contribution is 2.37. The molecule has 0 radical (unpaired) electrons. The third-order valence-electron chi connectivity index (χ3n) is 5.13. The van der Waals surface area contributed by atoms with E-state index in [1.54, 1.807) is 6.07 Å². The van der Waals surface area contributed by atoms with Crippen molar-refractivity contribution in [3.8, 4) is 5.75 Å². The first-order valence-corrected chi connectivity index (χ1v) is 10.8. The molecular weight excluding hydrogens is 362 g/mol. The lowest BCUT2D eigenvalue weighted by Gasteiger charge is -2.19. The standard InChI is InChI=1S/C20H23N3O3S/c21-27(24,25)23-19-13-17(26-14-15-7-3-1-4-8-15)11-12-18(19)20(22-23)16-9-5-2-6-10-16/h1,3-4,7-8,11-13,16H,2,5-6,9-10,14H2,(H2,21,24,25). The summed E-state index contributed by atoms with van der Waals surface area (Å²) in [5, 5.41) is 10.6. The number of hydrogen-bond donors (Lipinski definition) is 1. The molecule has 2 N–H and O–H groups in total. The Morgan fingerprint density at radius 1 is 1.07 bits per heavy atom. The number of nitrogens with zero attached hydrogens (tertiary/aromatic N) is 2. The lowest BCUT2D eigenvalue weighted by molar-refractivity contribution is 0.306. The van der Waals surface area contributed by atoms with Gasteiger partial charge in [0.2, 0.25) is 0 Å². The second kappa shape index (κ2) is 7.32. The Kier molecular flexibility index (Phi) is 4.88. The smallest absolute Gasteiger partial charge is 0.318 e. The molecule has 6 nitrogen and oxygen atoms in total. The Morgan fingerprint density at radius 3 is 2.52 bits per heavy atom.